The highest BCUT2D eigenvalue weighted by Gasteiger charge is 2.17. The van der Waals surface area contributed by atoms with E-state index in [0.717, 1.165) is 19.4 Å². The number of hydrogen-bond donors (Lipinski definition) is 1. The Labute approximate surface area is 122 Å². The van der Waals surface area contributed by atoms with Gasteiger partial charge in [0.1, 0.15) is 0 Å². The molecule has 0 spiro atoms. The van der Waals surface area contributed by atoms with E-state index >= 15 is 0 Å². The molecule has 1 aromatic heterocycles. The fourth-order valence-electron chi connectivity index (χ4n) is 2.44. The van der Waals surface area contributed by atoms with Gasteiger partial charge < -0.3 is 5.32 Å². The fourth-order valence-corrected chi connectivity index (χ4v) is 2.44. The van der Waals surface area contributed by atoms with E-state index in [0.29, 0.717) is 0 Å². The molecule has 0 radical (unpaired) electrons. The Morgan fingerprint density at radius 3 is 2.40 bits per heavy atom. The van der Waals surface area contributed by atoms with Crippen molar-refractivity contribution in [1.29, 1.82) is 0 Å². The molecule has 0 saturated carbocycles. The van der Waals surface area contributed by atoms with Crippen molar-refractivity contribution in [2.45, 2.75) is 39.7 Å². The van der Waals surface area contributed by atoms with E-state index in [1.807, 2.05) is 17.9 Å². The van der Waals surface area contributed by atoms with E-state index in [1.165, 1.54) is 22.4 Å². The summed E-state index contributed by atoms with van der Waals surface area (Å²) >= 11 is 0. The smallest absolute Gasteiger partial charge is 0.0610 e. The lowest BCUT2D eigenvalue weighted by Crippen LogP contribution is -2.23. The van der Waals surface area contributed by atoms with E-state index in [1.54, 1.807) is 0 Å². The molecule has 0 bridgehead atoms. The average Bonchev–Trinajstić information content (AvgIpc) is 2.81. The molecule has 1 unspecified atom stereocenters. The van der Waals surface area contributed by atoms with Crippen LogP contribution in [0.1, 0.15) is 48.7 Å². The van der Waals surface area contributed by atoms with Crippen molar-refractivity contribution < 1.29 is 0 Å². The van der Waals surface area contributed by atoms with Crippen LogP contribution in [-0.2, 0) is 13.5 Å². The molecule has 2 aromatic rings. The number of aromatic nitrogens is 2. The number of aryl methyl sites for hydroxylation is 2. The summed E-state index contributed by atoms with van der Waals surface area (Å²) in [6.45, 7) is 7.52. The molecular formula is C17H25N3. The molecule has 0 aliphatic carbocycles. The van der Waals surface area contributed by atoms with Gasteiger partial charge in [0.25, 0.3) is 0 Å². The summed E-state index contributed by atoms with van der Waals surface area (Å²) < 4.78 is 1.94. The summed E-state index contributed by atoms with van der Waals surface area (Å²) in [5.41, 5.74) is 5.18. The maximum atomic E-state index is 4.38. The molecule has 1 atom stereocenters. The summed E-state index contributed by atoms with van der Waals surface area (Å²) in [6.07, 6.45) is 4.19. The summed E-state index contributed by atoms with van der Waals surface area (Å²) in [6, 6.07) is 9.15. The highest BCUT2D eigenvalue weighted by molar-refractivity contribution is 5.34. The predicted molar refractivity (Wildman–Crippen MR) is 83.9 cm³/mol. The van der Waals surface area contributed by atoms with Crippen molar-refractivity contribution in [2.75, 3.05) is 6.54 Å². The molecule has 0 fully saturated rings. The van der Waals surface area contributed by atoms with Gasteiger partial charge in [-0.05, 0) is 37.4 Å². The van der Waals surface area contributed by atoms with E-state index < -0.39 is 0 Å². The lowest BCUT2D eigenvalue weighted by atomic mass is 9.97. The van der Waals surface area contributed by atoms with Gasteiger partial charge in [-0.25, -0.2) is 0 Å². The number of rotatable bonds is 6. The first-order chi connectivity index (χ1) is 9.67. The van der Waals surface area contributed by atoms with Crippen molar-refractivity contribution >= 4 is 0 Å². The van der Waals surface area contributed by atoms with Crippen molar-refractivity contribution in [3.8, 4) is 0 Å². The number of benzene rings is 1. The minimum atomic E-state index is 0.231. The van der Waals surface area contributed by atoms with Gasteiger partial charge in [0.2, 0.25) is 0 Å². The Balaban J connectivity index is 2.33. The van der Waals surface area contributed by atoms with Gasteiger partial charge in [-0.3, -0.25) is 4.68 Å². The Bertz CT molecular complexity index is 540. The first-order valence-electron chi connectivity index (χ1n) is 7.48. The summed E-state index contributed by atoms with van der Waals surface area (Å²) in [4.78, 5) is 0. The molecule has 1 N–H and O–H groups in total. The van der Waals surface area contributed by atoms with Gasteiger partial charge in [-0.15, -0.1) is 0 Å². The van der Waals surface area contributed by atoms with Crippen LogP contribution in [0.4, 0.5) is 0 Å². The number of nitrogens with one attached hydrogen (secondary N) is 1. The maximum absolute atomic E-state index is 4.38. The van der Waals surface area contributed by atoms with Crippen LogP contribution in [0.25, 0.3) is 0 Å². The second kappa shape index (κ2) is 6.71. The zero-order valence-corrected chi connectivity index (χ0v) is 13.0. The Hall–Kier alpha value is -1.61. The molecule has 0 aliphatic rings. The van der Waals surface area contributed by atoms with Gasteiger partial charge in [0, 0.05) is 18.3 Å². The van der Waals surface area contributed by atoms with Crippen LogP contribution in [0.2, 0.25) is 0 Å². The number of nitrogens with zero attached hydrogens (tertiary/aromatic N) is 2. The lowest BCUT2D eigenvalue weighted by molar-refractivity contribution is 0.594. The zero-order chi connectivity index (χ0) is 14.5. The topological polar surface area (TPSA) is 29.9 Å². The molecule has 1 heterocycles. The van der Waals surface area contributed by atoms with Gasteiger partial charge in [-0.1, -0.05) is 38.1 Å². The predicted octanol–water partition coefficient (Wildman–Crippen LogP) is 3.38. The summed E-state index contributed by atoms with van der Waals surface area (Å²) in [7, 11) is 2.00. The molecule has 0 aliphatic heterocycles. The van der Waals surface area contributed by atoms with Crippen molar-refractivity contribution in [3.63, 3.8) is 0 Å². The van der Waals surface area contributed by atoms with Crippen LogP contribution < -0.4 is 5.32 Å². The van der Waals surface area contributed by atoms with Gasteiger partial charge in [0.05, 0.1) is 12.2 Å². The van der Waals surface area contributed by atoms with E-state index in [-0.39, 0.29) is 6.04 Å². The molecule has 2 rings (SSSR count). The van der Waals surface area contributed by atoms with Crippen LogP contribution >= 0.6 is 0 Å². The SMILES string of the molecule is CCCNC(c1ccc(CC)cc1)c1cnn(C)c1C. The lowest BCUT2D eigenvalue weighted by Gasteiger charge is -2.19. The highest BCUT2D eigenvalue weighted by atomic mass is 15.3. The Morgan fingerprint density at radius 1 is 1.20 bits per heavy atom. The van der Waals surface area contributed by atoms with Gasteiger partial charge in [0.15, 0.2) is 0 Å². The van der Waals surface area contributed by atoms with Crippen molar-refractivity contribution in [1.82, 2.24) is 15.1 Å². The third-order valence-electron chi connectivity index (χ3n) is 3.90. The fraction of sp³-hybridized carbons (Fsp3) is 0.471. The maximum Gasteiger partial charge on any atom is 0.0610 e. The molecular weight excluding hydrogens is 246 g/mol. The monoisotopic (exact) mass is 271 g/mol. The minimum absolute atomic E-state index is 0.231. The van der Waals surface area contributed by atoms with Crippen LogP contribution in [0.5, 0.6) is 0 Å². The number of hydrogen-bond acceptors (Lipinski definition) is 2. The van der Waals surface area contributed by atoms with E-state index in [9.17, 15) is 0 Å². The first-order valence-corrected chi connectivity index (χ1v) is 7.48. The average molecular weight is 271 g/mol. The van der Waals surface area contributed by atoms with Crippen LogP contribution in [-0.4, -0.2) is 16.3 Å². The van der Waals surface area contributed by atoms with Crippen molar-refractivity contribution in [3.05, 3.63) is 52.8 Å². The first kappa shape index (κ1) is 14.8. The third-order valence-corrected chi connectivity index (χ3v) is 3.90. The van der Waals surface area contributed by atoms with Gasteiger partial charge in [-0.2, -0.15) is 5.10 Å². The molecule has 1 aromatic carbocycles. The molecule has 3 heteroatoms. The Morgan fingerprint density at radius 2 is 1.90 bits per heavy atom. The standard InChI is InChI=1S/C17H25N3/c1-5-11-18-17(16-12-19-20(4)13(16)3)15-9-7-14(6-2)8-10-15/h7-10,12,17-18H,5-6,11H2,1-4H3. The molecule has 0 amide bonds. The van der Waals surface area contributed by atoms with Gasteiger partial charge >= 0.3 is 0 Å². The highest BCUT2D eigenvalue weighted by Crippen LogP contribution is 2.25. The largest absolute Gasteiger partial charge is 0.306 e. The van der Waals surface area contributed by atoms with Crippen LogP contribution in [0, 0.1) is 6.92 Å². The Kier molecular flexibility index (Phi) is 4.96. The van der Waals surface area contributed by atoms with E-state index in [2.05, 4.69) is 55.5 Å². The molecule has 0 saturated heterocycles. The molecule has 20 heavy (non-hydrogen) atoms. The van der Waals surface area contributed by atoms with Crippen LogP contribution in [0.15, 0.2) is 30.5 Å². The quantitative estimate of drug-likeness (QED) is 0.873. The normalized spacial score (nSPS) is 12.6. The molecule has 108 valence electrons. The zero-order valence-electron chi connectivity index (χ0n) is 13.0. The second-order valence-corrected chi connectivity index (χ2v) is 5.29. The minimum Gasteiger partial charge on any atom is -0.306 e. The van der Waals surface area contributed by atoms with Crippen LogP contribution in [0.3, 0.4) is 0 Å². The molecule has 3 nitrogen and oxygen atoms in total. The van der Waals surface area contributed by atoms with Crippen molar-refractivity contribution in [2.24, 2.45) is 7.05 Å². The second-order valence-electron chi connectivity index (χ2n) is 5.29. The summed E-state index contributed by atoms with van der Waals surface area (Å²) in [5, 5.41) is 8.02. The third kappa shape index (κ3) is 3.10. The van der Waals surface area contributed by atoms with E-state index in [4.69, 9.17) is 0 Å². The summed E-state index contributed by atoms with van der Waals surface area (Å²) in [5.74, 6) is 0.